The summed E-state index contributed by atoms with van der Waals surface area (Å²) in [4.78, 5) is 14.7. The van der Waals surface area contributed by atoms with Crippen LogP contribution >= 0.6 is 0 Å². The molecule has 1 aliphatic rings. The number of sulfonamides is 1. The number of amidine groups is 1. The zero-order valence-corrected chi connectivity index (χ0v) is 11.8. The fourth-order valence-electron chi connectivity index (χ4n) is 1.77. The second-order valence-electron chi connectivity index (χ2n) is 3.89. The minimum absolute atomic E-state index is 0.00171. The van der Waals surface area contributed by atoms with Crippen LogP contribution in [0.15, 0.2) is 22.0 Å². The topological polar surface area (TPSA) is 106 Å². The van der Waals surface area contributed by atoms with Crippen LogP contribution in [0.5, 0.6) is 11.5 Å². The summed E-state index contributed by atoms with van der Waals surface area (Å²) in [5, 5.41) is 9.00. The number of fused-ring (bicyclic) bond motifs is 1. The van der Waals surface area contributed by atoms with E-state index < -0.39 is 21.8 Å². The first kappa shape index (κ1) is 14.1. The standard InChI is InChI=1S/C11H12N2O6S/c1-13-10(11(14)15)12-6-4-7(18-2)8(19-3)5-9(6)20(13,16)17/h4-5H,1-3H3,(H,14,15). The van der Waals surface area contributed by atoms with E-state index in [9.17, 15) is 13.2 Å². The molecule has 1 heterocycles. The summed E-state index contributed by atoms with van der Waals surface area (Å²) < 4.78 is 35.2. The smallest absolute Gasteiger partial charge is 0.372 e. The Morgan fingerprint density at radius 3 is 2.30 bits per heavy atom. The Bertz CT molecular complexity index is 710. The zero-order valence-electron chi connectivity index (χ0n) is 10.9. The van der Waals surface area contributed by atoms with Crippen molar-refractivity contribution in [2.75, 3.05) is 21.3 Å². The largest absolute Gasteiger partial charge is 0.493 e. The molecule has 2 rings (SSSR count). The lowest BCUT2D eigenvalue weighted by atomic mass is 10.2. The lowest BCUT2D eigenvalue weighted by Gasteiger charge is -2.24. The number of hydrogen-bond donors (Lipinski definition) is 1. The molecule has 0 aliphatic carbocycles. The van der Waals surface area contributed by atoms with Gasteiger partial charge in [0, 0.05) is 19.2 Å². The normalized spacial score (nSPS) is 16.1. The number of methoxy groups -OCH3 is 2. The molecule has 1 aromatic rings. The second kappa shape index (κ2) is 4.67. The highest BCUT2D eigenvalue weighted by atomic mass is 32.2. The molecule has 0 radical (unpaired) electrons. The zero-order chi connectivity index (χ0) is 15.1. The van der Waals surface area contributed by atoms with Crippen LogP contribution < -0.4 is 9.47 Å². The van der Waals surface area contributed by atoms with E-state index in [4.69, 9.17) is 14.6 Å². The van der Waals surface area contributed by atoms with Gasteiger partial charge in [0.15, 0.2) is 11.5 Å². The number of nitrogens with zero attached hydrogens (tertiary/aromatic N) is 2. The molecule has 0 saturated carbocycles. The Morgan fingerprint density at radius 2 is 1.80 bits per heavy atom. The van der Waals surface area contributed by atoms with Crippen molar-refractivity contribution >= 4 is 27.5 Å². The predicted octanol–water partition coefficient (Wildman–Crippen LogP) is 0.453. The highest BCUT2D eigenvalue weighted by Gasteiger charge is 2.35. The molecule has 0 spiro atoms. The third kappa shape index (κ3) is 1.95. The number of ether oxygens (including phenoxy) is 2. The highest BCUT2D eigenvalue weighted by molar-refractivity contribution is 7.90. The van der Waals surface area contributed by atoms with Crippen molar-refractivity contribution in [3.63, 3.8) is 0 Å². The Balaban J connectivity index is 2.79. The van der Waals surface area contributed by atoms with E-state index in [-0.39, 0.29) is 22.1 Å². The van der Waals surface area contributed by atoms with Crippen molar-refractivity contribution < 1.29 is 27.8 Å². The molecule has 1 aliphatic heterocycles. The van der Waals surface area contributed by atoms with Gasteiger partial charge in [0.25, 0.3) is 10.0 Å². The average Bonchev–Trinajstić information content (AvgIpc) is 2.41. The monoisotopic (exact) mass is 300 g/mol. The molecule has 1 N–H and O–H groups in total. The quantitative estimate of drug-likeness (QED) is 0.869. The molecule has 0 unspecified atom stereocenters. The summed E-state index contributed by atoms with van der Waals surface area (Å²) in [6.07, 6.45) is 0. The number of aliphatic imine (C=N–C) groups is 1. The fraction of sp³-hybridized carbons (Fsp3) is 0.273. The van der Waals surface area contributed by atoms with E-state index in [0.717, 1.165) is 7.05 Å². The molecule has 0 amide bonds. The predicted molar refractivity (Wildman–Crippen MR) is 69.2 cm³/mol. The number of carbonyl (C=O) groups is 1. The first-order valence-corrected chi connectivity index (χ1v) is 6.84. The fourth-order valence-corrected chi connectivity index (χ4v) is 3.04. The van der Waals surface area contributed by atoms with Crippen molar-refractivity contribution in [3.8, 4) is 11.5 Å². The Hall–Kier alpha value is -2.29. The van der Waals surface area contributed by atoms with Crippen molar-refractivity contribution in [2.24, 2.45) is 4.99 Å². The number of carboxylic acid groups (broad SMARTS) is 1. The third-order valence-corrected chi connectivity index (χ3v) is 4.60. The van der Waals surface area contributed by atoms with Crippen LogP contribution in [-0.4, -0.2) is 50.9 Å². The van der Waals surface area contributed by atoms with Gasteiger partial charge in [-0.1, -0.05) is 0 Å². The summed E-state index contributed by atoms with van der Waals surface area (Å²) in [6.45, 7) is 0. The van der Waals surface area contributed by atoms with Crippen molar-refractivity contribution in [1.82, 2.24) is 4.31 Å². The lowest BCUT2D eigenvalue weighted by molar-refractivity contribution is -0.129. The second-order valence-corrected chi connectivity index (χ2v) is 5.83. The molecule has 0 fully saturated rings. The van der Waals surface area contributed by atoms with E-state index in [1.165, 1.54) is 26.4 Å². The van der Waals surface area contributed by atoms with Crippen LogP contribution in [0.4, 0.5) is 5.69 Å². The molecule has 0 saturated heterocycles. The lowest BCUT2D eigenvalue weighted by Crippen LogP contribution is -2.40. The summed E-state index contributed by atoms with van der Waals surface area (Å²) in [7, 11) is -0.105. The number of aliphatic carboxylic acids is 1. The minimum atomic E-state index is -3.99. The van der Waals surface area contributed by atoms with Gasteiger partial charge in [-0.25, -0.2) is 22.5 Å². The van der Waals surface area contributed by atoms with Gasteiger partial charge in [0.2, 0.25) is 5.84 Å². The van der Waals surface area contributed by atoms with Gasteiger partial charge in [-0.05, 0) is 0 Å². The molecular weight excluding hydrogens is 288 g/mol. The molecule has 20 heavy (non-hydrogen) atoms. The Morgan fingerprint density at radius 1 is 1.25 bits per heavy atom. The van der Waals surface area contributed by atoms with Gasteiger partial charge < -0.3 is 14.6 Å². The number of benzene rings is 1. The molecule has 9 heteroatoms. The van der Waals surface area contributed by atoms with Gasteiger partial charge in [0.05, 0.1) is 19.9 Å². The Labute approximate surface area is 115 Å². The molecule has 0 atom stereocenters. The van der Waals surface area contributed by atoms with E-state index in [0.29, 0.717) is 4.31 Å². The van der Waals surface area contributed by atoms with E-state index in [1.54, 1.807) is 0 Å². The van der Waals surface area contributed by atoms with Crippen molar-refractivity contribution in [3.05, 3.63) is 12.1 Å². The van der Waals surface area contributed by atoms with Crippen LogP contribution in [0.3, 0.4) is 0 Å². The summed E-state index contributed by atoms with van der Waals surface area (Å²) in [5.74, 6) is -1.53. The summed E-state index contributed by atoms with van der Waals surface area (Å²) in [5.41, 5.74) is -0.00171. The maximum absolute atomic E-state index is 12.3. The number of rotatable bonds is 3. The first-order valence-electron chi connectivity index (χ1n) is 5.40. The summed E-state index contributed by atoms with van der Waals surface area (Å²) in [6, 6.07) is 2.57. The van der Waals surface area contributed by atoms with Gasteiger partial charge in [-0.2, -0.15) is 0 Å². The highest BCUT2D eigenvalue weighted by Crippen LogP contribution is 2.40. The SMILES string of the molecule is COc1cc2c(cc1OC)S(=O)(=O)N(C)C(C(=O)O)=N2. The van der Waals surface area contributed by atoms with Crippen LogP contribution in [0.25, 0.3) is 0 Å². The summed E-state index contributed by atoms with van der Waals surface area (Å²) >= 11 is 0. The third-order valence-electron chi connectivity index (χ3n) is 2.82. The van der Waals surface area contributed by atoms with Crippen LogP contribution in [0.2, 0.25) is 0 Å². The molecule has 0 bridgehead atoms. The maximum Gasteiger partial charge on any atom is 0.372 e. The number of carboxylic acids is 1. The van der Waals surface area contributed by atoms with E-state index in [2.05, 4.69) is 4.99 Å². The first-order chi connectivity index (χ1) is 9.32. The molecular formula is C11H12N2O6S. The van der Waals surface area contributed by atoms with Crippen molar-refractivity contribution in [2.45, 2.75) is 4.90 Å². The maximum atomic E-state index is 12.3. The van der Waals surface area contributed by atoms with Crippen LogP contribution in [-0.2, 0) is 14.8 Å². The molecule has 1 aromatic carbocycles. The number of likely N-dealkylation sites (N-methyl/N-ethyl adjacent to an activating group) is 1. The van der Waals surface area contributed by atoms with Gasteiger partial charge in [-0.3, -0.25) is 0 Å². The van der Waals surface area contributed by atoms with Gasteiger partial charge >= 0.3 is 5.97 Å². The van der Waals surface area contributed by atoms with Crippen LogP contribution in [0, 0.1) is 0 Å². The van der Waals surface area contributed by atoms with Crippen LogP contribution in [0.1, 0.15) is 0 Å². The minimum Gasteiger partial charge on any atom is -0.493 e. The number of hydrogen-bond acceptors (Lipinski definition) is 6. The van der Waals surface area contributed by atoms with Gasteiger partial charge in [0.1, 0.15) is 4.90 Å². The van der Waals surface area contributed by atoms with E-state index >= 15 is 0 Å². The van der Waals surface area contributed by atoms with Gasteiger partial charge in [-0.15, -0.1) is 0 Å². The molecule has 108 valence electrons. The van der Waals surface area contributed by atoms with E-state index in [1.807, 2.05) is 0 Å². The Kier molecular flexibility index (Phi) is 3.30. The average molecular weight is 300 g/mol. The molecule has 0 aromatic heterocycles. The van der Waals surface area contributed by atoms with Crippen molar-refractivity contribution in [1.29, 1.82) is 0 Å². The molecule has 8 nitrogen and oxygen atoms in total.